The van der Waals surface area contributed by atoms with E-state index in [0.717, 1.165) is 12.8 Å². The quantitative estimate of drug-likeness (QED) is 0.484. The Morgan fingerprint density at radius 1 is 1.26 bits per heavy atom. The average molecular weight is 321 g/mol. The van der Waals surface area contributed by atoms with Gasteiger partial charge in [-0.05, 0) is 25.0 Å². The number of rotatable bonds is 11. The average Bonchev–Trinajstić information content (AvgIpc) is 2.59. The van der Waals surface area contributed by atoms with Crippen molar-refractivity contribution < 1.29 is 19.4 Å². The number of aliphatic hydroxyl groups is 1. The number of aliphatic hydroxyl groups excluding tert-OH is 1. The van der Waals surface area contributed by atoms with Crippen LogP contribution in [0.5, 0.6) is 5.75 Å². The minimum absolute atomic E-state index is 0.0666. The summed E-state index contributed by atoms with van der Waals surface area (Å²) >= 11 is 0. The van der Waals surface area contributed by atoms with Gasteiger partial charge in [0.05, 0.1) is 12.6 Å². The van der Waals surface area contributed by atoms with Crippen molar-refractivity contribution in [2.24, 2.45) is 5.92 Å². The van der Waals surface area contributed by atoms with E-state index in [4.69, 9.17) is 9.47 Å². The second kappa shape index (κ2) is 10.8. The summed E-state index contributed by atoms with van der Waals surface area (Å²) in [6.45, 7) is 6.51. The fourth-order valence-electron chi connectivity index (χ4n) is 2.02. The van der Waals surface area contributed by atoms with Gasteiger partial charge in [-0.1, -0.05) is 44.9 Å². The standard InChI is InChI=1S/C18H27NO4/c1-4-15(5-2)12-23-18(21)14(3)19-16(11-20)13-22-17-9-7-6-8-10-17/h6-10,14-15,18-19,21H,4-5,12-13H2,1-3H3/t14-,18?/m0/s1. The lowest BCUT2D eigenvalue weighted by Crippen LogP contribution is -2.40. The van der Waals surface area contributed by atoms with Crippen LogP contribution < -0.4 is 10.1 Å². The SMILES string of the molecule is CCC(CC)COC(O)[C@H](C)NC(=C=O)COc1ccccc1. The zero-order chi connectivity index (χ0) is 17.1. The lowest BCUT2D eigenvalue weighted by atomic mass is 10.1. The van der Waals surface area contributed by atoms with Crippen LogP contribution in [0.3, 0.4) is 0 Å². The molecule has 0 aromatic heterocycles. The second-order valence-electron chi connectivity index (χ2n) is 5.52. The molecule has 0 saturated heterocycles. The van der Waals surface area contributed by atoms with E-state index in [1.54, 1.807) is 19.1 Å². The third-order valence-electron chi connectivity index (χ3n) is 3.74. The van der Waals surface area contributed by atoms with E-state index in [2.05, 4.69) is 19.2 Å². The Bertz CT molecular complexity index is 481. The van der Waals surface area contributed by atoms with Crippen LogP contribution >= 0.6 is 0 Å². The molecule has 0 saturated carbocycles. The molecule has 0 bridgehead atoms. The molecule has 5 nitrogen and oxygen atoms in total. The summed E-state index contributed by atoms with van der Waals surface area (Å²) in [5.41, 5.74) is 0.242. The van der Waals surface area contributed by atoms with Crippen molar-refractivity contribution in [1.82, 2.24) is 5.32 Å². The van der Waals surface area contributed by atoms with Crippen molar-refractivity contribution in [1.29, 1.82) is 0 Å². The smallest absolute Gasteiger partial charge is 0.174 e. The maximum atomic E-state index is 11.0. The van der Waals surface area contributed by atoms with Crippen LogP contribution in [0.4, 0.5) is 0 Å². The normalized spacial score (nSPS) is 13.3. The third-order valence-corrected chi connectivity index (χ3v) is 3.74. The molecule has 0 amide bonds. The van der Waals surface area contributed by atoms with E-state index in [1.165, 1.54) is 0 Å². The predicted molar refractivity (Wildman–Crippen MR) is 89.8 cm³/mol. The van der Waals surface area contributed by atoms with Gasteiger partial charge in [-0.2, -0.15) is 0 Å². The molecule has 2 atom stereocenters. The molecule has 5 heteroatoms. The molecule has 0 aliphatic heterocycles. The summed E-state index contributed by atoms with van der Waals surface area (Å²) in [4.78, 5) is 11.0. The van der Waals surface area contributed by atoms with Gasteiger partial charge in [-0.15, -0.1) is 0 Å². The molecule has 0 heterocycles. The highest BCUT2D eigenvalue weighted by Crippen LogP contribution is 2.11. The molecule has 0 aliphatic rings. The first-order chi connectivity index (χ1) is 11.1. The van der Waals surface area contributed by atoms with E-state index in [0.29, 0.717) is 18.3 Å². The van der Waals surface area contributed by atoms with Gasteiger partial charge in [0.15, 0.2) is 6.29 Å². The maximum Gasteiger partial charge on any atom is 0.174 e. The molecule has 0 aliphatic carbocycles. The predicted octanol–water partition coefficient (Wildman–Crippen LogP) is 2.53. The van der Waals surface area contributed by atoms with Crippen LogP contribution in [0.25, 0.3) is 0 Å². The topological polar surface area (TPSA) is 67.8 Å². The molecule has 1 unspecified atom stereocenters. The summed E-state index contributed by atoms with van der Waals surface area (Å²) in [5, 5.41) is 12.9. The Morgan fingerprint density at radius 3 is 2.48 bits per heavy atom. The van der Waals surface area contributed by atoms with Gasteiger partial charge in [-0.3, -0.25) is 0 Å². The highest BCUT2D eigenvalue weighted by atomic mass is 16.6. The van der Waals surface area contributed by atoms with E-state index in [9.17, 15) is 9.90 Å². The van der Waals surface area contributed by atoms with Gasteiger partial charge in [-0.25, -0.2) is 4.79 Å². The van der Waals surface area contributed by atoms with Gasteiger partial charge in [0.1, 0.15) is 24.0 Å². The Kier molecular flexibility index (Phi) is 9.07. The minimum Gasteiger partial charge on any atom is -0.487 e. The Morgan fingerprint density at radius 2 is 1.91 bits per heavy atom. The molecule has 0 spiro atoms. The monoisotopic (exact) mass is 321 g/mol. The van der Waals surface area contributed by atoms with Crippen LogP contribution in [-0.4, -0.2) is 36.6 Å². The summed E-state index contributed by atoms with van der Waals surface area (Å²) < 4.78 is 11.0. The largest absolute Gasteiger partial charge is 0.487 e. The van der Waals surface area contributed by atoms with Gasteiger partial charge in [0.2, 0.25) is 0 Å². The van der Waals surface area contributed by atoms with Gasteiger partial charge in [0, 0.05) is 0 Å². The number of hydrogen-bond acceptors (Lipinski definition) is 5. The lowest BCUT2D eigenvalue weighted by molar-refractivity contribution is -0.125. The molecule has 2 N–H and O–H groups in total. The van der Waals surface area contributed by atoms with Crippen molar-refractivity contribution in [2.75, 3.05) is 13.2 Å². The van der Waals surface area contributed by atoms with E-state index < -0.39 is 12.3 Å². The molecule has 23 heavy (non-hydrogen) atoms. The van der Waals surface area contributed by atoms with E-state index in [-0.39, 0.29) is 12.3 Å². The van der Waals surface area contributed by atoms with Crippen LogP contribution in [0, 0.1) is 5.92 Å². The first kappa shape index (κ1) is 19.2. The second-order valence-corrected chi connectivity index (χ2v) is 5.52. The summed E-state index contributed by atoms with van der Waals surface area (Å²) in [6, 6.07) is 8.77. The molecule has 1 aromatic rings. The molecule has 128 valence electrons. The summed E-state index contributed by atoms with van der Waals surface area (Å²) in [5.74, 6) is 2.91. The zero-order valence-electron chi connectivity index (χ0n) is 14.1. The van der Waals surface area contributed by atoms with Crippen LogP contribution in [0.1, 0.15) is 33.6 Å². The summed E-state index contributed by atoms with van der Waals surface area (Å²) in [7, 11) is 0. The molecular formula is C18H27NO4. The first-order valence-electron chi connectivity index (χ1n) is 8.08. The highest BCUT2D eigenvalue weighted by molar-refractivity contribution is 5.52. The van der Waals surface area contributed by atoms with Gasteiger partial charge < -0.3 is 19.9 Å². The maximum absolute atomic E-state index is 11.0. The van der Waals surface area contributed by atoms with Gasteiger partial charge in [0.25, 0.3) is 0 Å². The Labute approximate surface area is 138 Å². The highest BCUT2D eigenvalue weighted by Gasteiger charge is 2.17. The summed E-state index contributed by atoms with van der Waals surface area (Å²) in [6.07, 6.45) is 1.03. The molecular weight excluding hydrogens is 294 g/mol. The van der Waals surface area contributed by atoms with Crippen molar-refractivity contribution in [2.45, 2.75) is 45.9 Å². The Balaban J connectivity index is 2.40. The number of carbonyl (C=O) groups excluding carboxylic acids is 1. The zero-order valence-corrected chi connectivity index (χ0v) is 14.1. The fourth-order valence-corrected chi connectivity index (χ4v) is 2.02. The third kappa shape index (κ3) is 7.33. The number of ether oxygens (including phenoxy) is 2. The minimum atomic E-state index is -0.990. The van der Waals surface area contributed by atoms with Crippen molar-refractivity contribution in [3.63, 3.8) is 0 Å². The number of nitrogens with one attached hydrogen (secondary N) is 1. The van der Waals surface area contributed by atoms with E-state index in [1.807, 2.05) is 24.1 Å². The van der Waals surface area contributed by atoms with Crippen LogP contribution in [0.15, 0.2) is 36.0 Å². The molecule has 1 aromatic carbocycles. The first-order valence-corrected chi connectivity index (χ1v) is 8.08. The van der Waals surface area contributed by atoms with E-state index >= 15 is 0 Å². The van der Waals surface area contributed by atoms with Crippen LogP contribution in [0.2, 0.25) is 0 Å². The molecule has 1 rings (SSSR count). The number of para-hydroxylation sites is 1. The molecule has 0 fully saturated rings. The molecule has 0 radical (unpaired) electrons. The van der Waals surface area contributed by atoms with Gasteiger partial charge >= 0.3 is 0 Å². The number of benzene rings is 1. The van der Waals surface area contributed by atoms with Crippen molar-refractivity contribution in [3.05, 3.63) is 36.0 Å². The lowest BCUT2D eigenvalue weighted by Gasteiger charge is -2.23. The Hall–Kier alpha value is -1.81. The van der Waals surface area contributed by atoms with Crippen LogP contribution in [-0.2, 0) is 9.53 Å². The fraction of sp³-hybridized carbons (Fsp3) is 0.556. The van der Waals surface area contributed by atoms with Crippen molar-refractivity contribution >= 4 is 5.94 Å². The number of hydrogen-bond donors (Lipinski definition) is 2. The van der Waals surface area contributed by atoms with Crippen molar-refractivity contribution in [3.8, 4) is 5.75 Å².